The number of Topliss-reactive ketones (excluding diaryl/α,β-unsaturated/α-hetero) is 1. The van der Waals surface area contributed by atoms with Gasteiger partial charge in [0.15, 0.2) is 5.78 Å². The van der Waals surface area contributed by atoms with E-state index in [-0.39, 0.29) is 5.78 Å². The number of rotatable bonds is 3. The molecule has 2 N–H and O–H groups in total. The largest absolute Gasteiger partial charge is 0.512 e. The highest BCUT2D eigenvalue weighted by molar-refractivity contribution is 5.94. The number of hydrogen-bond donors (Lipinski definition) is 2. The predicted octanol–water partition coefficient (Wildman–Crippen LogP) is 6.56. The number of benzene rings is 1. The molecule has 1 aromatic heterocycles. The summed E-state index contributed by atoms with van der Waals surface area (Å²) in [6.45, 7) is 9.57. The van der Waals surface area contributed by atoms with Crippen molar-refractivity contribution in [3.05, 3.63) is 65.6 Å². The van der Waals surface area contributed by atoms with Gasteiger partial charge in [-0.25, -0.2) is 0 Å². The van der Waals surface area contributed by atoms with Gasteiger partial charge in [-0.05, 0) is 42.2 Å². The molecule has 3 nitrogen and oxygen atoms in total. The lowest BCUT2D eigenvalue weighted by Gasteiger charge is -2.09. The van der Waals surface area contributed by atoms with Gasteiger partial charge < -0.3 is 10.1 Å². The molecule has 0 aliphatic heterocycles. The molecule has 0 saturated heterocycles. The summed E-state index contributed by atoms with van der Waals surface area (Å²) in [4.78, 5) is 14.6. The van der Waals surface area contributed by atoms with Crippen LogP contribution < -0.4 is 0 Å². The Bertz CT molecular complexity index is 734. The number of aromatic amines is 1. The fraction of sp³-hybridized carbons (Fsp3) is 0.318. The summed E-state index contributed by atoms with van der Waals surface area (Å²) in [5.74, 6) is 0.516. The Morgan fingerprint density at radius 3 is 2.12 bits per heavy atom. The molecule has 3 heteroatoms. The Balaban J connectivity index is 0.000000730. The average Bonchev–Trinajstić information content (AvgIpc) is 3.16. The summed E-state index contributed by atoms with van der Waals surface area (Å²) < 4.78 is 0. The van der Waals surface area contributed by atoms with Gasteiger partial charge in [-0.1, -0.05) is 58.0 Å². The summed E-state index contributed by atoms with van der Waals surface area (Å²) in [5.41, 5.74) is 5.17. The number of aromatic nitrogens is 1. The molecule has 3 rings (SSSR count). The van der Waals surface area contributed by atoms with E-state index < -0.39 is 0 Å². The number of ketones is 1. The van der Waals surface area contributed by atoms with Gasteiger partial charge in [0.05, 0.1) is 5.76 Å². The van der Waals surface area contributed by atoms with E-state index in [2.05, 4.69) is 11.1 Å². The van der Waals surface area contributed by atoms with E-state index in [9.17, 15) is 9.90 Å². The first-order valence-electron chi connectivity index (χ1n) is 9.02. The van der Waals surface area contributed by atoms with Crippen LogP contribution in [0.3, 0.4) is 0 Å². The minimum absolute atomic E-state index is 0.0766. The maximum Gasteiger partial charge on any atom is 0.159 e. The molecule has 1 heterocycles. The van der Waals surface area contributed by atoms with Crippen molar-refractivity contribution in [2.45, 2.75) is 47.5 Å². The second kappa shape index (κ2) is 10.3. The van der Waals surface area contributed by atoms with Crippen LogP contribution in [0.15, 0.2) is 54.4 Å². The van der Waals surface area contributed by atoms with E-state index in [4.69, 9.17) is 0 Å². The third-order valence-corrected chi connectivity index (χ3v) is 3.78. The maximum atomic E-state index is 11.3. The summed E-state index contributed by atoms with van der Waals surface area (Å²) in [5, 5.41) is 9.41. The van der Waals surface area contributed by atoms with Gasteiger partial charge in [-0.15, -0.1) is 0 Å². The molecule has 25 heavy (non-hydrogen) atoms. The molecule has 0 saturated carbocycles. The van der Waals surface area contributed by atoms with E-state index in [0.29, 0.717) is 12.2 Å². The van der Waals surface area contributed by atoms with Crippen molar-refractivity contribution < 1.29 is 9.90 Å². The average molecular weight is 339 g/mol. The molecule has 0 spiro atoms. The predicted molar refractivity (Wildman–Crippen MR) is 107 cm³/mol. The van der Waals surface area contributed by atoms with E-state index in [1.165, 1.54) is 5.57 Å². The van der Waals surface area contributed by atoms with Crippen molar-refractivity contribution in [1.29, 1.82) is 0 Å². The van der Waals surface area contributed by atoms with Crippen LogP contribution in [0.4, 0.5) is 0 Å². The zero-order valence-corrected chi connectivity index (χ0v) is 15.9. The monoisotopic (exact) mass is 339 g/mol. The quantitative estimate of drug-likeness (QED) is 0.622. The van der Waals surface area contributed by atoms with Gasteiger partial charge in [0.2, 0.25) is 0 Å². The Hall–Kier alpha value is -2.55. The molecule has 0 fully saturated rings. The van der Waals surface area contributed by atoms with Crippen molar-refractivity contribution in [1.82, 2.24) is 4.98 Å². The number of nitrogens with one attached hydrogen (secondary N) is 1. The Morgan fingerprint density at radius 1 is 0.960 bits per heavy atom. The molecular formula is C22H29NO2. The second-order valence-corrected chi connectivity index (χ2v) is 5.29. The van der Waals surface area contributed by atoms with Gasteiger partial charge >= 0.3 is 0 Å². The van der Waals surface area contributed by atoms with Gasteiger partial charge in [-0.2, -0.15) is 0 Å². The number of carbonyl (C=O) groups excluding carboxylic acids is 1. The van der Waals surface area contributed by atoms with Crippen LogP contribution in [0.5, 0.6) is 0 Å². The minimum atomic E-state index is 0.0766. The van der Waals surface area contributed by atoms with Crippen LogP contribution in [-0.2, 0) is 0 Å². The molecule has 0 bridgehead atoms. The number of hydrogen-bond acceptors (Lipinski definition) is 2. The van der Waals surface area contributed by atoms with Crippen molar-refractivity contribution in [2.75, 3.05) is 0 Å². The molecule has 0 amide bonds. The highest BCUT2D eigenvalue weighted by Gasteiger charge is 2.10. The van der Waals surface area contributed by atoms with Crippen LogP contribution in [-0.4, -0.2) is 15.9 Å². The first kappa shape index (κ1) is 20.5. The number of allylic oxidation sites excluding steroid dienone is 4. The first-order valence-corrected chi connectivity index (χ1v) is 9.02. The van der Waals surface area contributed by atoms with E-state index >= 15 is 0 Å². The maximum absolute atomic E-state index is 11.3. The summed E-state index contributed by atoms with van der Waals surface area (Å²) in [6, 6.07) is 9.70. The molecule has 1 aliphatic rings. The van der Waals surface area contributed by atoms with Crippen molar-refractivity contribution in [3.8, 4) is 11.3 Å². The number of aliphatic hydroxyl groups excluding tert-OH is 1. The van der Waals surface area contributed by atoms with Crippen molar-refractivity contribution >= 4 is 11.4 Å². The third kappa shape index (κ3) is 5.49. The first-order chi connectivity index (χ1) is 12.1. The molecular weight excluding hydrogens is 310 g/mol. The standard InChI is InChI=1S/C18H17NO2.2C2H6/c1-12(20)13-2-4-15(5-3-13)18-10-16(11-19-18)14-6-8-17(21)9-7-14;2*1-2/h2-6,8,10-11,19,21H,7,9H2,1H3;2*1-2H3. The zero-order chi connectivity index (χ0) is 18.8. The molecule has 134 valence electrons. The van der Waals surface area contributed by atoms with Crippen LogP contribution in [0.2, 0.25) is 0 Å². The van der Waals surface area contributed by atoms with Crippen LogP contribution >= 0.6 is 0 Å². The highest BCUT2D eigenvalue weighted by Crippen LogP contribution is 2.29. The zero-order valence-electron chi connectivity index (χ0n) is 15.9. The fourth-order valence-corrected chi connectivity index (χ4v) is 2.50. The lowest BCUT2D eigenvalue weighted by atomic mass is 9.98. The van der Waals surface area contributed by atoms with Gasteiger partial charge in [0.1, 0.15) is 0 Å². The van der Waals surface area contributed by atoms with Gasteiger partial charge in [0, 0.05) is 23.9 Å². The minimum Gasteiger partial charge on any atom is -0.512 e. The smallest absolute Gasteiger partial charge is 0.159 e. The third-order valence-electron chi connectivity index (χ3n) is 3.78. The van der Waals surface area contributed by atoms with Crippen molar-refractivity contribution in [3.63, 3.8) is 0 Å². The van der Waals surface area contributed by atoms with E-state index in [0.717, 1.165) is 28.8 Å². The lowest BCUT2D eigenvalue weighted by Crippen LogP contribution is -1.91. The molecule has 2 aromatic rings. The Kier molecular flexibility index (Phi) is 8.48. The van der Waals surface area contributed by atoms with Crippen LogP contribution in [0.25, 0.3) is 16.8 Å². The summed E-state index contributed by atoms with van der Waals surface area (Å²) in [6.07, 6.45) is 7.25. The number of carbonyl (C=O) groups is 1. The number of aliphatic hydroxyl groups is 1. The Labute approximate surface area is 151 Å². The van der Waals surface area contributed by atoms with Crippen LogP contribution in [0.1, 0.15) is 63.4 Å². The highest BCUT2D eigenvalue weighted by atomic mass is 16.3. The van der Waals surface area contributed by atoms with Gasteiger partial charge in [0.25, 0.3) is 0 Å². The molecule has 0 atom stereocenters. The topological polar surface area (TPSA) is 53.1 Å². The molecule has 1 aromatic carbocycles. The summed E-state index contributed by atoms with van der Waals surface area (Å²) >= 11 is 0. The second-order valence-electron chi connectivity index (χ2n) is 5.29. The molecule has 0 unspecified atom stereocenters. The van der Waals surface area contributed by atoms with E-state index in [1.807, 2.05) is 64.2 Å². The normalized spacial score (nSPS) is 12.7. The fourth-order valence-electron chi connectivity index (χ4n) is 2.50. The van der Waals surface area contributed by atoms with Crippen LogP contribution in [0, 0.1) is 0 Å². The van der Waals surface area contributed by atoms with E-state index in [1.54, 1.807) is 13.0 Å². The number of H-pyrrole nitrogens is 1. The van der Waals surface area contributed by atoms with Crippen molar-refractivity contribution in [2.24, 2.45) is 0 Å². The lowest BCUT2D eigenvalue weighted by molar-refractivity contribution is 0.101. The van der Waals surface area contributed by atoms with Gasteiger partial charge in [-0.3, -0.25) is 4.79 Å². The summed E-state index contributed by atoms with van der Waals surface area (Å²) in [7, 11) is 0. The molecule has 1 aliphatic carbocycles. The SMILES string of the molecule is CC.CC.CC(=O)c1ccc(-c2cc(C3=CC=C(O)CC3)c[nH]2)cc1. The Morgan fingerprint density at radius 2 is 1.60 bits per heavy atom. The molecule has 0 radical (unpaired) electrons.